The maximum atomic E-state index is 2.43. The zero-order valence-corrected chi connectivity index (χ0v) is 10.8. The lowest BCUT2D eigenvalue weighted by Gasteiger charge is -2.17. The summed E-state index contributed by atoms with van der Waals surface area (Å²) in [5, 5.41) is 2.84. The van der Waals surface area contributed by atoms with Crippen LogP contribution in [0.4, 0.5) is 0 Å². The van der Waals surface area contributed by atoms with Crippen LogP contribution >= 0.6 is 0 Å². The molecule has 0 saturated carbocycles. The van der Waals surface area contributed by atoms with Crippen molar-refractivity contribution in [3.8, 4) is 0 Å². The number of benzene rings is 2. The Morgan fingerprint density at radius 3 is 2.12 bits per heavy atom. The van der Waals surface area contributed by atoms with Crippen LogP contribution in [0.25, 0.3) is 10.8 Å². The molecule has 0 heterocycles. The van der Waals surface area contributed by atoms with Crippen molar-refractivity contribution < 1.29 is 0 Å². The van der Waals surface area contributed by atoms with Crippen molar-refractivity contribution in [1.29, 1.82) is 0 Å². The molecular formula is C17H20. The zero-order valence-electron chi connectivity index (χ0n) is 10.8. The van der Waals surface area contributed by atoms with E-state index in [0.717, 1.165) is 0 Å². The molecule has 2 aromatic rings. The summed E-state index contributed by atoms with van der Waals surface area (Å²) >= 11 is 0. The van der Waals surface area contributed by atoms with Crippen molar-refractivity contribution in [2.75, 3.05) is 0 Å². The molecule has 1 aliphatic carbocycles. The van der Waals surface area contributed by atoms with Crippen LogP contribution in [0.15, 0.2) is 30.3 Å². The van der Waals surface area contributed by atoms with E-state index >= 15 is 0 Å². The van der Waals surface area contributed by atoms with E-state index in [2.05, 4.69) is 44.2 Å². The summed E-state index contributed by atoms with van der Waals surface area (Å²) < 4.78 is 0. The van der Waals surface area contributed by atoms with Gasteiger partial charge in [-0.1, -0.05) is 44.2 Å². The maximum absolute atomic E-state index is 2.43. The number of rotatable bonds is 1. The molecule has 0 saturated heterocycles. The Labute approximate surface area is 104 Å². The van der Waals surface area contributed by atoms with Gasteiger partial charge in [0.25, 0.3) is 0 Å². The molecule has 3 rings (SSSR count). The van der Waals surface area contributed by atoms with Crippen LogP contribution in [0.5, 0.6) is 0 Å². The summed E-state index contributed by atoms with van der Waals surface area (Å²) in [5.41, 5.74) is 4.62. The molecule has 17 heavy (non-hydrogen) atoms. The van der Waals surface area contributed by atoms with Crippen molar-refractivity contribution in [1.82, 2.24) is 0 Å². The van der Waals surface area contributed by atoms with Gasteiger partial charge in [-0.25, -0.2) is 0 Å². The molecule has 0 fully saturated rings. The van der Waals surface area contributed by atoms with Gasteiger partial charge in [-0.15, -0.1) is 0 Å². The van der Waals surface area contributed by atoms with Crippen LogP contribution in [0.2, 0.25) is 0 Å². The second-order valence-electron chi connectivity index (χ2n) is 5.59. The van der Waals surface area contributed by atoms with Crippen LogP contribution in [0, 0.1) is 0 Å². The van der Waals surface area contributed by atoms with Gasteiger partial charge < -0.3 is 0 Å². The van der Waals surface area contributed by atoms with Gasteiger partial charge in [0.1, 0.15) is 0 Å². The quantitative estimate of drug-likeness (QED) is 0.650. The van der Waals surface area contributed by atoms with Gasteiger partial charge in [0.2, 0.25) is 0 Å². The minimum Gasteiger partial charge on any atom is -0.0587 e. The summed E-state index contributed by atoms with van der Waals surface area (Å²) in [7, 11) is 0. The predicted molar refractivity (Wildman–Crippen MR) is 74.7 cm³/mol. The highest BCUT2D eigenvalue weighted by Crippen LogP contribution is 2.28. The minimum atomic E-state index is 0.621. The lowest BCUT2D eigenvalue weighted by molar-refractivity contribution is 0.687. The van der Waals surface area contributed by atoms with Crippen molar-refractivity contribution in [2.24, 2.45) is 0 Å². The molecule has 0 atom stereocenters. The number of aryl methyl sites for hydroxylation is 2. The van der Waals surface area contributed by atoms with Crippen LogP contribution in [0.1, 0.15) is 49.3 Å². The molecule has 0 aliphatic heterocycles. The number of hydrogen-bond acceptors (Lipinski definition) is 0. The first kappa shape index (κ1) is 10.8. The average Bonchev–Trinajstić information content (AvgIpc) is 2.35. The lowest BCUT2D eigenvalue weighted by Crippen LogP contribution is -2.02. The topological polar surface area (TPSA) is 0 Å². The molecule has 2 aromatic carbocycles. The third-order valence-electron chi connectivity index (χ3n) is 3.99. The largest absolute Gasteiger partial charge is 0.0587 e. The molecule has 1 aliphatic rings. The fourth-order valence-electron chi connectivity index (χ4n) is 2.87. The van der Waals surface area contributed by atoms with E-state index in [9.17, 15) is 0 Å². The summed E-state index contributed by atoms with van der Waals surface area (Å²) in [4.78, 5) is 0. The number of fused-ring (bicyclic) bond motifs is 2. The fourth-order valence-corrected chi connectivity index (χ4v) is 2.87. The molecule has 0 N–H and O–H groups in total. The summed E-state index contributed by atoms with van der Waals surface area (Å²) in [5.74, 6) is 0.621. The van der Waals surface area contributed by atoms with Gasteiger partial charge in [0.15, 0.2) is 0 Å². The van der Waals surface area contributed by atoms with Crippen molar-refractivity contribution in [2.45, 2.75) is 45.4 Å². The second kappa shape index (κ2) is 4.18. The molecular weight excluding hydrogens is 204 g/mol. The third kappa shape index (κ3) is 1.97. The van der Waals surface area contributed by atoms with Crippen LogP contribution in [-0.4, -0.2) is 0 Å². The minimum absolute atomic E-state index is 0.621. The molecule has 0 heteroatoms. The zero-order chi connectivity index (χ0) is 11.8. The smallest absolute Gasteiger partial charge is 0.0178 e. The van der Waals surface area contributed by atoms with Gasteiger partial charge in [0.05, 0.1) is 0 Å². The van der Waals surface area contributed by atoms with Gasteiger partial charge in [0, 0.05) is 0 Å². The molecule has 0 unspecified atom stereocenters. The number of hydrogen-bond donors (Lipinski definition) is 0. The molecule has 0 aromatic heterocycles. The van der Waals surface area contributed by atoms with E-state index < -0.39 is 0 Å². The molecule has 88 valence electrons. The fraction of sp³-hybridized carbons (Fsp3) is 0.412. The molecule has 0 amide bonds. The summed E-state index contributed by atoms with van der Waals surface area (Å²) in [6.07, 6.45) is 5.28. The van der Waals surface area contributed by atoms with Gasteiger partial charge in [-0.3, -0.25) is 0 Å². The van der Waals surface area contributed by atoms with Crippen molar-refractivity contribution in [3.05, 3.63) is 47.0 Å². The Bertz CT molecular complexity index is 549. The van der Waals surface area contributed by atoms with E-state index in [0.29, 0.717) is 5.92 Å². The Balaban J connectivity index is 2.16. The van der Waals surface area contributed by atoms with E-state index in [1.54, 1.807) is 11.1 Å². The third-order valence-corrected chi connectivity index (χ3v) is 3.99. The lowest BCUT2D eigenvalue weighted by atomic mass is 9.88. The SMILES string of the molecule is CC(C)c1ccc2cc3c(cc2c1)CCCC3. The standard InChI is InChI=1S/C17H20/c1-12(2)13-7-8-16-10-14-5-3-4-6-15(14)11-17(16)9-13/h7-12H,3-6H2,1-2H3. The molecule has 0 radical (unpaired) electrons. The van der Waals surface area contributed by atoms with Gasteiger partial charge in [-0.2, -0.15) is 0 Å². The van der Waals surface area contributed by atoms with Crippen molar-refractivity contribution in [3.63, 3.8) is 0 Å². The Morgan fingerprint density at radius 1 is 0.824 bits per heavy atom. The molecule has 0 nitrogen and oxygen atoms in total. The first-order valence-corrected chi connectivity index (χ1v) is 6.79. The van der Waals surface area contributed by atoms with E-state index in [1.165, 1.54) is 42.0 Å². The van der Waals surface area contributed by atoms with E-state index in [1.807, 2.05) is 0 Å². The van der Waals surface area contributed by atoms with Gasteiger partial charge >= 0.3 is 0 Å². The average molecular weight is 224 g/mol. The Kier molecular flexibility index (Phi) is 2.66. The monoisotopic (exact) mass is 224 g/mol. The Morgan fingerprint density at radius 2 is 1.47 bits per heavy atom. The predicted octanol–water partition coefficient (Wildman–Crippen LogP) is 4.84. The van der Waals surface area contributed by atoms with Crippen molar-refractivity contribution >= 4 is 10.8 Å². The second-order valence-corrected chi connectivity index (χ2v) is 5.59. The molecule has 0 bridgehead atoms. The highest BCUT2D eigenvalue weighted by Gasteiger charge is 2.10. The van der Waals surface area contributed by atoms with Crippen LogP contribution in [-0.2, 0) is 12.8 Å². The maximum Gasteiger partial charge on any atom is -0.0178 e. The summed E-state index contributed by atoms with van der Waals surface area (Å²) in [6, 6.07) is 11.8. The first-order valence-electron chi connectivity index (χ1n) is 6.79. The Hall–Kier alpha value is -1.30. The first-order chi connectivity index (χ1) is 8.24. The highest BCUT2D eigenvalue weighted by atomic mass is 14.2. The molecule has 0 spiro atoms. The summed E-state index contributed by atoms with van der Waals surface area (Å²) in [6.45, 7) is 4.53. The van der Waals surface area contributed by atoms with E-state index in [4.69, 9.17) is 0 Å². The van der Waals surface area contributed by atoms with Gasteiger partial charge in [-0.05, 0) is 59.1 Å². The van der Waals surface area contributed by atoms with Crippen LogP contribution in [0.3, 0.4) is 0 Å². The highest BCUT2D eigenvalue weighted by molar-refractivity contribution is 5.85. The van der Waals surface area contributed by atoms with E-state index in [-0.39, 0.29) is 0 Å². The van der Waals surface area contributed by atoms with Crippen LogP contribution < -0.4 is 0 Å². The normalized spacial score (nSPS) is 15.2.